The van der Waals surface area contributed by atoms with Crippen LogP contribution in [0.3, 0.4) is 0 Å². The highest BCUT2D eigenvalue weighted by atomic mass is 16.5. The van der Waals surface area contributed by atoms with E-state index >= 15 is 0 Å². The number of aromatic nitrogens is 2. The van der Waals surface area contributed by atoms with Gasteiger partial charge in [0.15, 0.2) is 5.84 Å². The van der Waals surface area contributed by atoms with Crippen molar-refractivity contribution in [1.82, 2.24) is 15.0 Å². The molecule has 0 atom stereocenters. The molecule has 1 aromatic heterocycles. The zero-order chi connectivity index (χ0) is 23.3. The van der Waals surface area contributed by atoms with E-state index in [1.54, 1.807) is 27.5 Å². The summed E-state index contributed by atoms with van der Waals surface area (Å²) < 4.78 is 10.9. The highest BCUT2D eigenvalue weighted by Crippen LogP contribution is 2.38. The predicted molar refractivity (Wildman–Crippen MR) is 129 cm³/mol. The van der Waals surface area contributed by atoms with Crippen molar-refractivity contribution in [3.63, 3.8) is 0 Å². The van der Waals surface area contributed by atoms with E-state index < -0.39 is 0 Å². The summed E-state index contributed by atoms with van der Waals surface area (Å²) in [5.41, 5.74) is 3.91. The molecule has 32 heavy (non-hydrogen) atoms. The fourth-order valence-corrected chi connectivity index (χ4v) is 3.33. The van der Waals surface area contributed by atoms with Crippen molar-refractivity contribution in [2.45, 2.75) is 26.7 Å². The second-order valence-electron chi connectivity index (χ2n) is 7.51. The van der Waals surface area contributed by atoms with Crippen LogP contribution in [0.25, 0.3) is 11.0 Å². The zero-order valence-corrected chi connectivity index (χ0v) is 19.4. The highest BCUT2D eigenvalue weighted by Gasteiger charge is 2.26. The smallest absolute Gasteiger partial charge is 0.162 e. The van der Waals surface area contributed by atoms with Gasteiger partial charge in [-0.2, -0.15) is 0 Å². The van der Waals surface area contributed by atoms with Crippen LogP contribution in [0.15, 0.2) is 42.6 Å². The molecule has 1 heterocycles. The number of anilines is 2. The molecule has 1 fully saturated rings. The minimum absolute atomic E-state index is 0.113. The Morgan fingerprint density at radius 1 is 1.03 bits per heavy atom. The summed E-state index contributed by atoms with van der Waals surface area (Å²) in [6.45, 7) is 4.90. The molecule has 0 bridgehead atoms. The Morgan fingerprint density at radius 2 is 1.69 bits per heavy atom. The number of nitrogens with zero attached hydrogens (tertiary/aromatic N) is 4. The highest BCUT2D eigenvalue weighted by molar-refractivity contribution is 5.95. The third kappa shape index (κ3) is 5.26. The van der Waals surface area contributed by atoms with Gasteiger partial charge in [0, 0.05) is 43.2 Å². The number of nitrogens with two attached hydrogens (primary N) is 1. The minimum atomic E-state index is 0.113. The van der Waals surface area contributed by atoms with Crippen molar-refractivity contribution < 1.29 is 9.47 Å². The van der Waals surface area contributed by atoms with Gasteiger partial charge in [-0.3, -0.25) is 15.4 Å². The molecule has 8 nitrogen and oxygen atoms in total. The van der Waals surface area contributed by atoms with Crippen LogP contribution < -0.4 is 20.2 Å². The Labute approximate surface area is 189 Å². The lowest BCUT2D eigenvalue weighted by molar-refractivity contribution is 0.394. The summed E-state index contributed by atoms with van der Waals surface area (Å²) >= 11 is 0. The molecule has 2 aromatic carbocycles. The summed E-state index contributed by atoms with van der Waals surface area (Å²) in [5, 5.41) is 9.31. The van der Waals surface area contributed by atoms with Gasteiger partial charge in [0.1, 0.15) is 17.2 Å². The number of hydrazine groups is 1. The van der Waals surface area contributed by atoms with E-state index in [0.717, 1.165) is 34.9 Å². The summed E-state index contributed by atoms with van der Waals surface area (Å²) in [6, 6.07) is 11.9. The molecule has 1 saturated carbocycles. The Kier molecular flexibility index (Phi) is 7.48. The van der Waals surface area contributed by atoms with Gasteiger partial charge in [0.2, 0.25) is 0 Å². The first-order chi connectivity index (χ1) is 15.5. The molecule has 170 valence electrons. The van der Waals surface area contributed by atoms with E-state index in [-0.39, 0.29) is 5.84 Å². The van der Waals surface area contributed by atoms with Crippen LogP contribution in [0, 0.1) is 11.3 Å². The van der Waals surface area contributed by atoms with Gasteiger partial charge in [-0.15, -0.1) is 0 Å². The van der Waals surface area contributed by atoms with Gasteiger partial charge in [-0.05, 0) is 37.0 Å². The van der Waals surface area contributed by atoms with E-state index in [1.807, 2.05) is 50.2 Å². The maximum Gasteiger partial charge on any atom is 0.162 e. The SMILES string of the molecule is CC.COc1cc(OC)cc(N(CC2CC2)c2ccc3ncc(C(=N)N(C)N)nc3c2)c1. The number of ether oxygens (including phenoxy) is 2. The van der Waals surface area contributed by atoms with Crippen molar-refractivity contribution >= 4 is 28.2 Å². The molecular weight excluding hydrogens is 404 g/mol. The van der Waals surface area contributed by atoms with Crippen LogP contribution in [0.1, 0.15) is 32.4 Å². The molecule has 4 rings (SSSR count). The number of methoxy groups -OCH3 is 2. The van der Waals surface area contributed by atoms with Gasteiger partial charge in [-0.25, -0.2) is 10.8 Å². The average molecular weight is 437 g/mol. The average Bonchev–Trinajstić information content (AvgIpc) is 3.66. The first-order valence-electron chi connectivity index (χ1n) is 10.8. The van der Waals surface area contributed by atoms with Gasteiger partial charge < -0.3 is 14.4 Å². The van der Waals surface area contributed by atoms with Crippen LogP contribution in [-0.2, 0) is 0 Å². The monoisotopic (exact) mass is 436 g/mol. The Bertz CT molecular complexity index is 1060. The molecule has 1 aliphatic carbocycles. The third-order valence-electron chi connectivity index (χ3n) is 5.22. The van der Waals surface area contributed by atoms with Crippen molar-refractivity contribution in [1.29, 1.82) is 5.41 Å². The summed E-state index contributed by atoms with van der Waals surface area (Å²) in [5.74, 6) is 7.95. The minimum Gasteiger partial charge on any atom is -0.497 e. The maximum atomic E-state index is 8.08. The maximum absolute atomic E-state index is 8.08. The van der Waals surface area contributed by atoms with Crippen LogP contribution in [0.5, 0.6) is 11.5 Å². The number of benzene rings is 2. The second kappa shape index (κ2) is 10.3. The number of hydrogen-bond acceptors (Lipinski definition) is 7. The van der Waals surface area contributed by atoms with Crippen LogP contribution in [0.2, 0.25) is 0 Å². The number of fused-ring (bicyclic) bond motifs is 1. The third-order valence-corrected chi connectivity index (χ3v) is 5.22. The molecule has 0 saturated heterocycles. The largest absolute Gasteiger partial charge is 0.497 e. The quantitative estimate of drug-likeness (QED) is 0.246. The number of nitrogens with one attached hydrogen (secondary N) is 1. The van der Waals surface area contributed by atoms with E-state index in [4.69, 9.17) is 20.7 Å². The van der Waals surface area contributed by atoms with E-state index in [0.29, 0.717) is 17.1 Å². The summed E-state index contributed by atoms with van der Waals surface area (Å²) in [7, 11) is 4.92. The molecule has 8 heteroatoms. The fourth-order valence-electron chi connectivity index (χ4n) is 3.33. The Balaban J connectivity index is 0.00000141. The van der Waals surface area contributed by atoms with Crippen LogP contribution >= 0.6 is 0 Å². The van der Waals surface area contributed by atoms with Gasteiger partial charge in [-0.1, -0.05) is 13.8 Å². The summed E-state index contributed by atoms with van der Waals surface area (Å²) in [4.78, 5) is 11.3. The standard InChI is InChI=1S/C22H26N6O2.C2H6/c1-27(24)22(23)21-12-25-19-7-6-15(10-20(19)26-21)28(13-14-4-5-14)16-8-17(29-2)11-18(9-16)30-3;1-2/h6-12,14,23H,4-5,13,24H2,1-3H3;1-2H3. The Hall–Kier alpha value is -3.39. The number of hydrogen-bond donors (Lipinski definition) is 2. The van der Waals surface area contributed by atoms with Gasteiger partial charge in [0.05, 0.1) is 31.4 Å². The number of amidine groups is 1. The molecule has 3 N–H and O–H groups in total. The van der Waals surface area contributed by atoms with E-state index in [9.17, 15) is 0 Å². The molecule has 0 amide bonds. The molecule has 1 aliphatic rings. The lowest BCUT2D eigenvalue weighted by atomic mass is 10.2. The lowest BCUT2D eigenvalue weighted by Crippen LogP contribution is -2.33. The zero-order valence-electron chi connectivity index (χ0n) is 19.4. The molecule has 0 radical (unpaired) electrons. The van der Waals surface area contributed by atoms with Crippen molar-refractivity contribution in [3.8, 4) is 11.5 Å². The first kappa shape index (κ1) is 23.3. The predicted octanol–water partition coefficient (Wildman–Crippen LogP) is 4.35. The molecule has 0 spiro atoms. The van der Waals surface area contributed by atoms with Gasteiger partial charge in [0.25, 0.3) is 0 Å². The van der Waals surface area contributed by atoms with Crippen molar-refractivity contribution in [2.75, 3.05) is 32.7 Å². The van der Waals surface area contributed by atoms with E-state index in [1.165, 1.54) is 17.9 Å². The lowest BCUT2D eigenvalue weighted by Gasteiger charge is -2.26. The fraction of sp³-hybridized carbons (Fsp3) is 0.375. The first-order valence-corrected chi connectivity index (χ1v) is 10.8. The second-order valence-corrected chi connectivity index (χ2v) is 7.51. The van der Waals surface area contributed by atoms with Crippen molar-refractivity contribution in [3.05, 3.63) is 48.3 Å². The topological polar surface area (TPSA) is 101 Å². The molecule has 3 aromatic rings. The van der Waals surface area contributed by atoms with Crippen LogP contribution in [-0.4, -0.2) is 48.6 Å². The molecule has 0 aliphatic heterocycles. The number of rotatable bonds is 7. The molecular formula is C24H32N6O2. The summed E-state index contributed by atoms with van der Waals surface area (Å²) in [6.07, 6.45) is 4.03. The van der Waals surface area contributed by atoms with E-state index in [2.05, 4.69) is 14.9 Å². The molecule has 0 unspecified atom stereocenters. The normalized spacial score (nSPS) is 12.6. The van der Waals surface area contributed by atoms with Gasteiger partial charge >= 0.3 is 0 Å². The Morgan fingerprint density at radius 3 is 2.25 bits per heavy atom. The van der Waals surface area contributed by atoms with Crippen LogP contribution in [0.4, 0.5) is 11.4 Å². The van der Waals surface area contributed by atoms with Crippen molar-refractivity contribution in [2.24, 2.45) is 11.8 Å².